The smallest absolute Gasteiger partial charge is 0.390 e. The number of aromatic nitrogens is 2. The van der Waals surface area contributed by atoms with E-state index in [0.29, 0.717) is 0 Å². The molecular formula is C12H16N2O8P+. The molecule has 2 aliphatic carbocycles. The predicted octanol–water partition coefficient (Wildman–Crippen LogP) is -1.47. The molecule has 11 heteroatoms. The summed E-state index contributed by atoms with van der Waals surface area (Å²) < 4.78 is 22.5. The summed E-state index contributed by atoms with van der Waals surface area (Å²) in [7, 11) is -2.88. The fraction of sp³-hybridized carbons (Fsp3) is 0.667. The van der Waals surface area contributed by atoms with Gasteiger partial charge >= 0.3 is 13.9 Å². The van der Waals surface area contributed by atoms with E-state index in [0.717, 1.165) is 10.6 Å². The van der Waals surface area contributed by atoms with Crippen molar-refractivity contribution in [3.05, 3.63) is 33.1 Å². The standard InChI is InChI=1S/C12H15N2O8P/c1-6(15)11(5-8(11)21-23(19)20)22-12(4-7(12)16)14-3-2-9(17)13-10(14)18/h2-3,6-8,15-16H,4-5H2,1H3,(H-,13,17,18,19,20)/p+1. The number of hydrogen-bond acceptors (Lipinski definition) is 7. The second-order valence-corrected chi connectivity index (χ2v) is 6.50. The molecule has 6 atom stereocenters. The quantitative estimate of drug-likeness (QED) is 0.455. The summed E-state index contributed by atoms with van der Waals surface area (Å²) in [5, 5.41) is 19.9. The number of nitrogens with zero attached hydrogens (tertiary/aromatic N) is 1. The normalized spacial score (nSPS) is 37.3. The Bertz CT molecular complexity index is 760. The average molecular weight is 347 g/mol. The molecule has 1 heterocycles. The summed E-state index contributed by atoms with van der Waals surface area (Å²) in [5.41, 5.74) is -4.11. The van der Waals surface area contributed by atoms with E-state index in [1.54, 1.807) is 0 Å². The van der Waals surface area contributed by atoms with Gasteiger partial charge in [-0.3, -0.25) is 14.3 Å². The van der Waals surface area contributed by atoms with Crippen molar-refractivity contribution in [2.24, 2.45) is 0 Å². The van der Waals surface area contributed by atoms with Crippen molar-refractivity contribution in [1.29, 1.82) is 0 Å². The van der Waals surface area contributed by atoms with Crippen LogP contribution in [0.15, 0.2) is 21.9 Å². The van der Waals surface area contributed by atoms with E-state index in [4.69, 9.17) is 14.2 Å². The van der Waals surface area contributed by atoms with Crippen LogP contribution in [0.5, 0.6) is 0 Å². The molecule has 2 fully saturated rings. The Morgan fingerprint density at radius 2 is 2.13 bits per heavy atom. The van der Waals surface area contributed by atoms with Gasteiger partial charge in [-0.15, -0.1) is 9.42 Å². The maximum atomic E-state index is 11.9. The first-order chi connectivity index (χ1) is 10.7. The van der Waals surface area contributed by atoms with Crippen molar-refractivity contribution < 1.29 is 28.9 Å². The lowest BCUT2D eigenvalue weighted by Crippen LogP contribution is -2.45. The number of ether oxygens (including phenoxy) is 1. The lowest BCUT2D eigenvalue weighted by molar-refractivity contribution is -0.164. The highest BCUT2D eigenvalue weighted by molar-refractivity contribution is 7.32. The van der Waals surface area contributed by atoms with Gasteiger partial charge in [-0.1, -0.05) is 0 Å². The highest BCUT2D eigenvalue weighted by Crippen LogP contribution is 2.57. The van der Waals surface area contributed by atoms with Crippen LogP contribution in [0.25, 0.3) is 0 Å². The summed E-state index contributed by atoms with van der Waals surface area (Å²) in [5.74, 6) is 0. The molecule has 0 aliphatic heterocycles. The van der Waals surface area contributed by atoms with E-state index in [2.05, 4.69) is 4.98 Å². The second kappa shape index (κ2) is 5.30. The monoisotopic (exact) mass is 347 g/mol. The Labute approximate surface area is 130 Å². The van der Waals surface area contributed by atoms with Gasteiger partial charge in [0.15, 0.2) is 11.8 Å². The summed E-state index contributed by atoms with van der Waals surface area (Å²) >= 11 is 0. The van der Waals surface area contributed by atoms with Crippen LogP contribution in [-0.4, -0.2) is 48.6 Å². The number of aromatic amines is 1. The van der Waals surface area contributed by atoms with Gasteiger partial charge in [0.05, 0.1) is 6.10 Å². The van der Waals surface area contributed by atoms with Gasteiger partial charge in [0.25, 0.3) is 5.56 Å². The fourth-order valence-corrected chi connectivity index (χ4v) is 3.25. The van der Waals surface area contributed by atoms with E-state index >= 15 is 0 Å². The van der Waals surface area contributed by atoms with Crippen molar-refractivity contribution in [2.45, 2.75) is 49.4 Å². The van der Waals surface area contributed by atoms with Crippen LogP contribution < -0.4 is 11.2 Å². The van der Waals surface area contributed by atoms with Gasteiger partial charge in [-0.25, -0.2) is 4.79 Å². The second-order valence-electron chi connectivity index (χ2n) is 5.81. The molecule has 0 spiro atoms. The number of hydrogen-bond donors (Lipinski definition) is 4. The van der Waals surface area contributed by atoms with Crippen LogP contribution in [0.1, 0.15) is 19.8 Å². The molecule has 0 bridgehead atoms. The first-order valence-corrected chi connectivity index (χ1v) is 8.06. The first kappa shape index (κ1) is 16.4. The lowest BCUT2D eigenvalue weighted by Gasteiger charge is -2.28. The molecule has 1 aromatic heterocycles. The van der Waals surface area contributed by atoms with E-state index in [1.807, 2.05) is 0 Å². The van der Waals surface area contributed by atoms with Crippen LogP contribution in [0, 0.1) is 0 Å². The highest BCUT2D eigenvalue weighted by atomic mass is 31.1. The van der Waals surface area contributed by atoms with Crippen molar-refractivity contribution >= 4 is 8.25 Å². The van der Waals surface area contributed by atoms with Gasteiger partial charge in [-0.05, 0) is 6.92 Å². The van der Waals surface area contributed by atoms with Gasteiger partial charge in [0.1, 0.15) is 11.7 Å². The van der Waals surface area contributed by atoms with Crippen molar-refractivity contribution in [3.63, 3.8) is 0 Å². The number of nitrogens with one attached hydrogen (secondary N) is 1. The van der Waals surface area contributed by atoms with Crippen LogP contribution in [0.3, 0.4) is 0 Å². The summed E-state index contributed by atoms with van der Waals surface area (Å²) in [4.78, 5) is 34.0. The molecule has 126 valence electrons. The Morgan fingerprint density at radius 1 is 1.48 bits per heavy atom. The zero-order valence-electron chi connectivity index (χ0n) is 12.1. The molecule has 0 saturated heterocycles. The van der Waals surface area contributed by atoms with E-state index < -0.39 is 49.1 Å². The van der Waals surface area contributed by atoms with Gasteiger partial charge in [-0.2, -0.15) is 0 Å². The molecule has 23 heavy (non-hydrogen) atoms. The average Bonchev–Trinajstić information content (AvgIpc) is 3.28. The van der Waals surface area contributed by atoms with Crippen LogP contribution in [-0.2, 0) is 19.6 Å². The van der Waals surface area contributed by atoms with Gasteiger partial charge in [0.2, 0.25) is 0 Å². The number of rotatable bonds is 6. The molecule has 6 unspecified atom stereocenters. The fourth-order valence-electron chi connectivity index (χ4n) is 2.78. The lowest BCUT2D eigenvalue weighted by atomic mass is 10.2. The van der Waals surface area contributed by atoms with Crippen molar-refractivity contribution in [1.82, 2.24) is 9.55 Å². The number of aliphatic hydroxyl groups excluding tert-OH is 2. The molecule has 0 amide bonds. The minimum atomic E-state index is -2.88. The van der Waals surface area contributed by atoms with Crippen LogP contribution in [0.4, 0.5) is 0 Å². The Hall–Kier alpha value is -1.42. The molecule has 10 nitrogen and oxygen atoms in total. The summed E-state index contributed by atoms with van der Waals surface area (Å²) in [6, 6.07) is 1.11. The predicted molar refractivity (Wildman–Crippen MR) is 74.7 cm³/mol. The minimum Gasteiger partial charge on any atom is -0.390 e. The third-order valence-corrected chi connectivity index (χ3v) is 4.69. The summed E-state index contributed by atoms with van der Waals surface area (Å²) in [6.07, 6.45) is -1.52. The zero-order chi connectivity index (χ0) is 17.0. The highest BCUT2D eigenvalue weighted by Gasteiger charge is 2.72. The first-order valence-electron chi connectivity index (χ1n) is 6.93. The van der Waals surface area contributed by atoms with Crippen LogP contribution in [0.2, 0.25) is 0 Å². The molecule has 0 aromatic carbocycles. The van der Waals surface area contributed by atoms with Gasteiger partial charge in [0, 0.05) is 29.7 Å². The summed E-state index contributed by atoms with van der Waals surface area (Å²) in [6.45, 7) is 1.42. The molecule has 2 aliphatic rings. The van der Waals surface area contributed by atoms with E-state index in [-0.39, 0.29) is 12.8 Å². The maximum Gasteiger partial charge on any atom is 0.695 e. The zero-order valence-corrected chi connectivity index (χ0v) is 13.0. The number of H-pyrrole nitrogens is 1. The van der Waals surface area contributed by atoms with Crippen molar-refractivity contribution in [3.8, 4) is 0 Å². The topological polar surface area (TPSA) is 151 Å². The van der Waals surface area contributed by atoms with Crippen molar-refractivity contribution in [2.75, 3.05) is 0 Å². The molecule has 1 aromatic rings. The SMILES string of the molecule is CC(O)C1(OC2(n3ccc(=O)[nH]c3=O)CC2O)CC1O[P+](=O)O. The Balaban J connectivity index is 1.91. The molecule has 4 N–H and O–H groups in total. The van der Waals surface area contributed by atoms with Gasteiger partial charge < -0.3 is 14.9 Å². The van der Waals surface area contributed by atoms with E-state index in [1.165, 1.54) is 13.1 Å². The van der Waals surface area contributed by atoms with Crippen LogP contribution >= 0.6 is 8.25 Å². The Kier molecular flexibility index (Phi) is 3.79. The molecule has 3 rings (SSSR count). The largest absolute Gasteiger partial charge is 0.695 e. The molecule has 0 radical (unpaired) electrons. The Morgan fingerprint density at radius 3 is 2.61 bits per heavy atom. The minimum absolute atomic E-state index is 0.0748. The molecular weight excluding hydrogens is 331 g/mol. The molecule has 2 saturated carbocycles. The third-order valence-electron chi connectivity index (χ3n) is 4.26. The third kappa shape index (κ3) is 2.67. The maximum absolute atomic E-state index is 11.9. The number of aliphatic hydroxyl groups is 2. The van der Waals surface area contributed by atoms with E-state index in [9.17, 15) is 24.4 Å².